The van der Waals surface area contributed by atoms with Gasteiger partial charge in [-0.2, -0.15) is 18.3 Å². The SMILES string of the molecule is NN=C([O-])c1cccc(OCC(F)(F)F)c1. The first-order valence-electron chi connectivity index (χ1n) is 4.17. The standard InChI is InChI=1S/C9H9F3N2O2/c10-9(11,12)5-16-7-3-1-2-6(4-7)8(15)14-13/h1-4H,5,13H2,(H,14,15)/p-1. The highest BCUT2D eigenvalue weighted by Gasteiger charge is 2.28. The minimum Gasteiger partial charge on any atom is -0.857 e. The van der Waals surface area contributed by atoms with Crippen molar-refractivity contribution >= 4 is 5.90 Å². The molecule has 88 valence electrons. The first-order valence-corrected chi connectivity index (χ1v) is 4.17. The Kier molecular flexibility index (Phi) is 3.60. The number of ether oxygens (including phenoxy) is 1. The van der Waals surface area contributed by atoms with Gasteiger partial charge in [-0.05, 0) is 17.7 Å². The molecular formula is C9H8F3N2O2-. The Morgan fingerprint density at radius 1 is 1.44 bits per heavy atom. The van der Waals surface area contributed by atoms with Gasteiger partial charge in [-0.25, -0.2) is 0 Å². The molecule has 0 aliphatic rings. The average molecular weight is 233 g/mol. The van der Waals surface area contributed by atoms with E-state index in [1.54, 1.807) is 0 Å². The van der Waals surface area contributed by atoms with E-state index < -0.39 is 18.7 Å². The first-order chi connectivity index (χ1) is 7.42. The van der Waals surface area contributed by atoms with E-state index in [2.05, 4.69) is 9.84 Å². The van der Waals surface area contributed by atoms with Gasteiger partial charge in [0.2, 0.25) is 0 Å². The molecule has 0 amide bonds. The normalized spacial score (nSPS) is 12.6. The molecule has 0 spiro atoms. The number of nitrogens with zero attached hydrogens (tertiary/aromatic N) is 1. The molecule has 0 aliphatic carbocycles. The summed E-state index contributed by atoms with van der Waals surface area (Å²) in [4.78, 5) is 0. The molecule has 0 unspecified atom stereocenters. The largest absolute Gasteiger partial charge is 0.857 e. The minimum absolute atomic E-state index is 0.0631. The van der Waals surface area contributed by atoms with E-state index in [9.17, 15) is 18.3 Å². The van der Waals surface area contributed by atoms with Crippen LogP contribution in [0.25, 0.3) is 0 Å². The molecule has 0 aromatic heterocycles. The Morgan fingerprint density at radius 3 is 2.69 bits per heavy atom. The minimum atomic E-state index is -4.42. The lowest BCUT2D eigenvalue weighted by atomic mass is 10.2. The van der Waals surface area contributed by atoms with Gasteiger partial charge in [-0.15, -0.1) is 0 Å². The van der Waals surface area contributed by atoms with Crippen LogP contribution in [0, 0.1) is 0 Å². The number of hydrazone groups is 1. The maximum Gasteiger partial charge on any atom is 0.422 e. The molecule has 1 aromatic carbocycles. The van der Waals surface area contributed by atoms with E-state index in [0.29, 0.717) is 0 Å². The predicted molar refractivity (Wildman–Crippen MR) is 48.7 cm³/mol. The molecule has 16 heavy (non-hydrogen) atoms. The molecule has 0 saturated carbocycles. The highest BCUT2D eigenvalue weighted by Crippen LogP contribution is 2.19. The van der Waals surface area contributed by atoms with Crippen LogP contribution in [0.15, 0.2) is 29.4 Å². The van der Waals surface area contributed by atoms with Gasteiger partial charge in [0.15, 0.2) is 6.61 Å². The second-order valence-electron chi connectivity index (χ2n) is 2.87. The van der Waals surface area contributed by atoms with E-state index in [4.69, 9.17) is 5.84 Å². The third-order valence-electron chi connectivity index (χ3n) is 1.60. The Hall–Kier alpha value is -1.92. The molecule has 2 N–H and O–H groups in total. The maximum atomic E-state index is 11.8. The molecule has 1 rings (SSSR count). The zero-order valence-electron chi connectivity index (χ0n) is 7.99. The number of hydrogen-bond acceptors (Lipinski definition) is 4. The molecule has 0 aliphatic heterocycles. The molecule has 0 saturated heterocycles. The molecule has 4 nitrogen and oxygen atoms in total. The summed E-state index contributed by atoms with van der Waals surface area (Å²) < 4.78 is 40.0. The van der Waals surface area contributed by atoms with Crippen molar-refractivity contribution in [2.24, 2.45) is 10.9 Å². The fraction of sp³-hybridized carbons (Fsp3) is 0.222. The molecule has 0 radical (unpaired) electrons. The highest BCUT2D eigenvalue weighted by atomic mass is 19.4. The summed E-state index contributed by atoms with van der Waals surface area (Å²) in [7, 11) is 0. The molecule has 0 bridgehead atoms. The molecule has 7 heteroatoms. The van der Waals surface area contributed by atoms with Crippen LogP contribution in [-0.2, 0) is 0 Å². The van der Waals surface area contributed by atoms with Crippen LogP contribution in [0.4, 0.5) is 13.2 Å². The van der Waals surface area contributed by atoms with Crippen LogP contribution in [-0.4, -0.2) is 18.7 Å². The van der Waals surface area contributed by atoms with Gasteiger partial charge in [0.25, 0.3) is 0 Å². The average Bonchev–Trinajstić information content (AvgIpc) is 2.25. The Balaban J connectivity index is 2.76. The van der Waals surface area contributed by atoms with E-state index in [1.807, 2.05) is 0 Å². The van der Waals surface area contributed by atoms with Crippen molar-refractivity contribution in [3.05, 3.63) is 29.8 Å². The Labute approximate surface area is 89.1 Å². The summed E-state index contributed by atoms with van der Waals surface area (Å²) in [5.74, 6) is 3.96. The van der Waals surface area contributed by atoms with Crippen molar-refractivity contribution in [2.45, 2.75) is 6.18 Å². The van der Waals surface area contributed by atoms with E-state index >= 15 is 0 Å². The summed E-state index contributed by atoms with van der Waals surface area (Å²) in [6.45, 7) is -1.41. The zero-order valence-corrected chi connectivity index (χ0v) is 7.99. The van der Waals surface area contributed by atoms with Gasteiger partial charge in [0.05, 0.1) is 0 Å². The second-order valence-corrected chi connectivity index (χ2v) is 2.87. The predicted octanol–water partition coefficient (Wildman–Crippen LogP) is 0.608. The summed E-state index contributed by atoms with van der Waals surface area (Å²) in [6.07, 6.45) is -4.42. The van der Waals surface area contributed by atoms with Crippen LogP contribution in [0.2, 0.25) is 0 Å². The first kappa shape index (κ1) is 12.2. The quantitative estimate of drug-likeness (QED) is 0.360. The lowest BCUT2D eigenvalue weighted by Crippen LogP contribution is -2.21. The smallest absolute Gasteiger partial charge is 0.422 e. The van der Waals surface area contributed by atoms with Crippen LogP contribution in [0.5, 0.6) is 5.75 Å². The highest BCUT2D eigenvalue weighted by molar-refractivity contribution is 5.90. The number of alkyl halides is 3. The summed E-state index contributed by atoms with van der Waals surface area (Å²) in [5, 5.41) is 13.9. The lowest BCUT2D eigenvalue weighted by molar-refractivity contribution is -0.213. The van der Waals surface area contributed by atoms with Gasteiger partial charge in [0, 0.05) is 5.90 Å². The van der Waals surface area contributed by atoms with E-state index in [-0.39, 0.29) is 11.3 Å². The fourth-order valence-electron chi connectivity index (χ4n) is 0.959. The van der Waals surface area contributed by atoms with E-state index in [0.717, 1.165) is 6.07 Å². The molecule has 0 atom stereocenters. The number of nitrogens with two attached hydrogens (primary N) is 1. The maximum absolute atomic E-state index is 11.8. The number of halogens is 3. The van der Waals surface area contributed by atoms with Crippen molar-refractivity contribution in [1.82, 2.24) is 0 Å². The summed E-state index contributed by atoms with van der Waals surface area (Å²) in [6, 6.07) is 5.20. The third-order valence-corrected chi connectivity index (χ3v) is 1.60. The molecular weight excluding hydrogens is 225 g/mol. The van der Waals surface area contributed by atoms with Crippen molar-refractivity contribution < 1.29 is 23.0 Å². The van der Waals surface area contributed by atoms with Crippen LogP contribution in [0.3, 0.4) is 0 Å². The topological polar surface area (TPSA) is 70.7 Å². The second kappa shape index (κ2) is 4.73. The van der Waals surface area contributed by atoms with Crippen molar-refractivity contribution in [3.8, 4) is 5.75 Å². The van der Waals surface area contributed by atoms with Gasteiger partial charge >= 0.3 is 6.18 Å². The van der Waals surface area contributed by atoms with Crippen molar-refractivity contribution in [3.63, 3.8) is 0 Å². The molecule has 0 fully saturated rings. The van der Waals surface area contributed by atoms with Crippen molar-refractivity contribution in [2.75, 3.05) is 6.61 Å². The Morgan fingerprint density at radius 2 is 2.12 bits per heavy atom. The van der Waals surface area contributed by atoms with Crippen LogP contribution >= 0.6 is 0 Å². The summed E-state index contributed by atoms with van der Waals surface area (Å²) in [5.41, 5.74) is 0.0715. The Bertz CT molecular complexity index is 391. The number of rotatable bonds is 3. The van der Waals surface area contributed by atoms with Gasteiger partial charge in [0.1, 0.15) is 5.75 Å². The van der Waals surface area contributed by atoms with Crippen LogP contribution in [0.1, 0.15) is 5.56 Å². The van der Waals surface area contributed by atoms with Crippen LogP contribution < -0.4 is 15.7 Å². The van der Waals surface area contributed by atoms with Gasteiger partial charge < -0.3 is 15.7 Å². The van der Waals surface area contributed by atoms with Crippen molar-refractivity contribution in [1.29, 1.82) is 0 Å². The zero-order chi connectivity index (χ0) is 12.2. The monoisotopic (exact) mass is 233 g/mol. The van der Waals surface area contributed by atoms with E-state index in [1.165, 1.54) is 18.2 Å². The van der Waals surface area contributed by atoms with Gasteiger partial charge in [-0.3, -0.25) is 0 Å². The lowest BCUT2D eigenvalue weighted by Gasteiger charge is -2.12. The fourth-order valence-corrected chi connectivity index (χ4v) is 0.959. The number of benzene rings is 1. The summed E-state index contributed by atoms with van der Waals surface area (Å²) >= 11 is 0. The van der Waals surface area contributed by atoms with Gasteiger partial charge in [-0.1, -0.05) is 12.1 Å². The third kappa shape index (κ3) is 3.68. The number of hydrogen-bond donors (Lipinski definition) is 1. The molecule has 1 aromatic rings. The molecule has 0 heterocycles.